The molecule has 0 aromatic carbocycles. The minimum atomic E-state index is 0.0284. The minimum Gasteiger partial charge on any atom is -0.330 e. The van der Waals surface area contributed by atoms with Crippen molar-refractivity contribution in [2.75, 3.05) is 6.54 Å². The van der Waals surface area contributed by atoms with Gasteiger partial charge in [-0.05, 0) is 49.9 Å². The topological polar surface area (TPSA) is 51.0 Å². The van der Waals surface area contributed by atoms with Crippen LogP contribution >= 0.6 is 11.3 Å². The summed E-state index contributed by atoms with van der Waals surface area (Å²) in [4.78, 5) is 25.0. The first kappa shape index (κ1) is 16.0. The first-order valence-corrected chi connectivity index (χ1v) is 9.37. The molecule has 0 unspecified atom stereocenters. The summed E-state index contributed by atoms with van der Waals surface area (Å²) >= 11 is 1.55. The summed E-state index contributed by atoms with van der Waals surface area (Å²) in [5.41, 5.74) is 1.68. The predicted molar refractivity (Wildman–Crippen MR) is 98.0 cm³/mol. The highest BCUT2D eigenvalue weighted by atomic mass is 32.1. The van der Waals surface area contributed by atoms with Crippen LogP contribution in [-0.2, 0) is 0 Å². The molecule has 128 valence electrons. The first-order chi connectivity index (χ1) is 12.2. The molecule has 0 bridgehead atoms. The quantitative estimate of drug-likeness (QED) is 0.716. The SMILES string of the molecule is Cc1sc(-n2cccc2)nc1C(=O)N1CCCC[C@@H]1c1cccnc1. The maximum absolute atomic E-state index is 13.2. The number of hydrogen-bond acceptors (Lipinski definition) is 4. The van der Waals surface area contributed by atoms with E-state index in [4.69, 9.17) is 0 Å². The van der Waals surface area contributed by atoms with E-state index in [1.54, 1.807) is 17.5 Å². The third kappa shape index (κ3) is 3.09. The predicted octanol–water partition coefficient (Wildman–Crippen LogP) is 4.00. The van der Waals surface area contributed by atoms with Gasteiger partial charge in [0.25, 0.3) is 5.91 Å². The molecular weight excluding hydrogens is 332 g/mol. The smallest absolute Gasteiger partial charge is 0.274 e. The van der Waals surface area contributed by atoms with Crippen molar-refractivity contribution >= 4 is 17.2 Å². The average Bonchev–Trinajstić information content (AvgIpc) is 3.31. The lowest BCUT2D eigenvalue weighted by molar-refractivity contribution is 0.0605. The molecule has 1 aliphatic rings. The van der Waals surface area contributed by atoms with Gasteiger partial charge in [-0.2, -0.15) is 0 Å². The number of nitrogens with zero attached hydrogens (tertiary/aromatic N) is 4. The molecule has 0 spiro atoms. The van der Waals surface area contributed by atoms with Crippen LogP contribution in [0.15, 0.2) is 49.1 Å². The van der Waals surface area contributed by atoms with Gasteiger partial charge < -0.3 is 9.47 Å². The summed E-state index contributed by atoms with van der Waals surface area (Å²) in [7, 11) is 0. The molecule has 3 aromatic rings. The van der Waals surface area contributed by atoms with Gasteiger partial charge >= 0.3 is 0 Å². The molecule has 1 atom stereocenters. The van der Waals surface area contributed by atoms with Crippen LogP contribution in [0.2, 0.25) is 0 Å². The molecule has 1 saturated heterocycles. The lowest BCUT2D eigenvalue weighted by Gasteiger charge is -2.35. The van der Waals surface area contributed by atoms with Gasteiger partial charge in [0.15, 0.2) is 5.13 Å². The fraction of sp³-hybridized carbons (Fsp3) is 0.316. The van der Waals surface area contributed by atoms with Crippen LogP contribution < -0.4 is 0 Å². The van der Waals surface area contributed by atoms with Crippen molar-refractivity contribution in [3.63, 3.8) is 0 Å². The van der Waals surface area contributed by atoms with Crippen LogP contribution in [0.25, 0.3) is 5.13 Å². The number of aromatic nitrogens is 3. The van der Waals surface area contributed by atoms with Crippen LogP contribution in [0.3, 0.4) is 0 Å². The molecule has 1 amide bonds. The fourth-order valence-electron chi connectivity index (χ4n) is 3.38. The van der Waals surface area contributed by atoms with Crippen LogP contribution in [0, 0.1) is 6.92 Å². The lowest BCUT2D eigenvalue weighted by Crippen LogP contribution is -2.39. The fourth-order valence-corrected chi connectivity index (χ4v) is 4.25. The third-order valence-corrected chi connectivity index (χ3v) is 5.63. The van der Waals surface area contributed by atoms with E-state index in [-0.39, 0.29) is 11.9 Å². The summed E-state index contributed by atoms with van der Waals surface area (Å²) in [5.74, 6) is 0.0284. The maximum atomic E-state index is 13.2. The monoisotopic (exact) mass is 352 g/mol. The molecule has 4 heterocycles. The Kier molecular flexibility index (Phi) is 4.36. The largest absolute Gasteiger partial charge is 0.330 e. The molecule has 0 aliphatic carbocycles. The van der Waals surface area contributed by atoms with Crippen molar-refractivity contribution in [3.8, 4) is 5.13 Å². The number of carbonyl (C=O) groups excluding carboxylic acids is 1. The number of carbonyl (C=O) groups is 1. The number of hydrogen-bond donors (Lipinski definition) is 0. The normalized spacial score (nSPS) is 17.6. The summed E-state index contributed by atoms with van der Waals surface area (Å²) in [6.45, 7) is 2.75. The molecule has 4 rings (SSSR count). The van der Waals surface area contributed by atoms with Crippen molar-refractivity contribution < 1.29 is 4.79 Å². The van der Waals surface area contributed by atoms with Crippen LogP contribution in [-0.4, -0.2) is 31.9 Å². The Morgan fingerprint density at radius 1 is 1.24 bits per heavy atom. The van der Waals surface area contributed by atoms with E-state index < -0.39 is 0 Å². The number of likely N-dealkylation sites (tertiary alicyclic amines) is 1. The van der Waals surface area contributed by atoms with Gasteiger partial charge in [-0.15, -0.1) is 11.3 Å². The molecule has 0 N–H and O–H groups in total. The van der Waals surface area contributed by atoms with Gasteiger partial charge in [0.2, 0.25) is 0 Å². The Hall–Kier alpha value is -2.47. The number of aryl methyl sites for hydroxylation is 1. The molecular formula is C19H20N4OS. The second kappa shape index (κ2) is 6.80. The summed E-state index contributed by atoms with van der Waals surface area (Å²) in [5, 5.41) is 0.834. The van der Waals surface area contributed by atoms with E-state index in [2.05, 4.69) is 16.0 Å². The molecule has 0 radical (unpaired) electrons. The Morgan fingerprint density at radius 2 is 2.08 bits per heavy atom. The van der Waals surface area contributed by atoms with Gasteiger partial charge in [0.05, 0.1) is 6.04 Å². The summed E-state index contributed by atoms with van der Waals surface area (Å²) in [6, 6.07) is 8.00. The van der Waals surface area contributed by atoms with Crippen LogP contribution in [0.5, 0.6) is 0 Å². The van der Waals surface area contributed by atoms with Gasteiger partial charge in [0.1, 0.15) is 5.69 Å². The molecule has 3 aromatic heterocycles. The minimum absolute atomic E-state index is 0.0284. The number of rotatable bonds is 3. The molecule has 1 aliphatic heterocycles. The van der Waals surface area contributed by atoms with E-state index in [0.717, 1.165) is 41.4 Å². The van der Waals surface area contributed by atoms with E-state index in [1.165, 1.54) is 0 Å². The van der Waals surface area contributed by atoms with Gasteiger partial charge in [-0.3, -0.25) is 9.78 Å². The Balaban J connectivity index is 1.65. The highest BCUT2D eigenvalue weighted by molar-refractivity contribution is 7.14. The Labute approximate surface area is 151 Å². The average molecular weight is 352 g/mol. The summed E-state index contributed by atoms with van der Waals surface area (Å²) < 4.78 is 1.95. The van der Waals surface area contributed by atoms with Crippen molar-refractivity contribution in [2.24, 2.45) is 0 Å². The molecule has 1 fully saturated rings. The Morgan fingerprint density at radius 3 is 2.84 bits per heavy atom. The van der Waals surface area contributed by atoms with Gasteiger partial charge in [-0.25, -0.2) is 4.98 Å². The van der Waals surface area contributed by atoms with E-state index in [1.807, 2.05) is 53.2 Å². The van der Waals surface area contributed by atoms with Gasteiger partial charge in [0, 0.05) is 36.2 Å². The summed E-state index contributed by atoms with van der Waals surface area (Å²) in [6.07, 6.45) is 10.7. The zero-order valence-electron chi connectivity index (χ0n) is 14.1. The van der Waals surface area contributed by atoms with Crippen molar-refractivity contribution in [2.45, 2.75) is 32.2 Å². The standard InChI is InChI=1S/C19H20N4OS/c1-14-17(21-19(25-14)22-10-4-5-11-22)18(24)23-12-3-2-8-16(23)15-7-6-9-20-13-15/h4-7,9-11,13,16H,2-3,8,12H2,1H3/t16-/m1/s1. The molecule has 0 saturated carbocycles. The second-order valence-electron chi connectivity index (χ2n) is 6.29. The van der Waals surface area contributed by atoms with Crippen molar-refractivity contribution in [1.29, 1.82) is 0 Å². The molecule has 25 heavy (non-hydrogen) atoms. The van der Waals surface area contributed by atoms with E-state index in [0.29, 0.717) is 5.69 Å². The zero-order valence-corrected chi connectivity index (χ0v) is 14.9. The third-order valence-electron chi connectivity index (χ3n) is 4.65. The number of pyridine rings is 1. The van der Waals surface area contributed by atoms with Crippen molar-refractivity contribution in [3.05, 3.63) is 65.2 Å². The zero-order chi connectivity index (χ0) is 17.2. The highest BCUT2D eigenvalue weighted by Gasteiger charge is 2.31. The highest BCUT2D eigenvalue weighted by Crippen LogP contribution is 2.33. The van der Waals surface area contributed by atoms with E-state index >= 15 is 0 Å². The van der Waals surface area contributed by atoms with Crippen molar-refractivity contribution in [1.82, 2.24) is 19.4 Å². The van der Waals surface area contributed by atoms with Crippen LogP contribution in [0.4, 0.5) is 0 Å². The number of amides is 1. The Bertz CT molecular complexity index is 857. The second-order valence-corrected chi connectivity index (χ2v) is 7.47. The number of piperidine rings is 1. The molecule has 6 heteroatoms. The molecule has 5 nitrogen and oxygen atoms in total. The first-order valence-electron chi connectivity index (χ1n) is 8.55. The number of thiazole rings is 1. The maximum Gasteiger partial charge on any atom is 0.274 e. The van der Waals surface area contributed by atoms with Gasteiger partial charge in [-0.1, -0.05) is 6.07 Å². The van der Waals surface area contributed by atoms with Crippen LogP contribution in [0.1, 0.15) is 46.2 Å². The lowest BCUT2D eigenvalue weighted by atomic mass is 9.96. The van der Waals surface area contributed by atoms with E-state index in [9.17, 15) is 4.79 Å².